The number of carbonyl (C=O) groups is 1. The molecule has 2 heterocycles. The van der Waals surface area contributed by atoms with E-state index >= 15 is 0 Å². The second kappa shape index (κ2) is 7.98. The molecule has 0 saturated heterocycles. The van der Waals surface area contributed by atoms with Crippen LogP contribution in [-0.2, 0) is 13.2 Å². The smallest absolute Gasteiger partial charge is 0.261 e. The van der Waals surface area contributed by atoms with Crippen molar-refractivity contribution < 1.29 is 9.53 Å². The number of ether oxygens (including phenoxy) is 1. The van der Waals surface area contributed by atoms with Crippen molar-refractivity contribution in [3.8, 4) is 5.75 Å². The van der Waals surface area contributed by atoms with Gasteiger partial charge in [0.05, 0.1) is 11.4 Å². The third-order valence-corrected chi connectivity index (χ3v) is 4.74. The van der Waals surface area contributed by atoms with Gasteiger partial charge in [0.1, 0.15) is 12.4 Å². The average Bonchev–Trinajstić information content (AvgIpc) is 3.25. The Balaban J connectivity index is 1.53. The van der Waals surface area contributed by atoms with Gasteiger partial charge >= 0.3 is 0 Å². The predicted octanol–water partition coefficient (Wildman–Crippen LogP) is 3.65. The lowest BCUT2D eigenvalue weighted by molar-refractivity contribution is 0.0940. The number of para-hydroxylation sites is 1. The molecule has 130 valence electrons. The number of aryl methyl sites for hydroxylation is 1. The van der Waals surface area contributed by atoms with Crippen LogP contribution >= 0.6 is 11.3 Å². The standard InChI is InChI=1S/C19H21N3O2S/c1-14-6-3-4-7-17(14)24-12-16-10-18(25-13-16)19(23)21-15(2)11-22-9-5-8-20-22/h3-10,13,15H,11-12H2,1-2H3,(H,21,23). The largest absolute Gasteiger partial charge is 0.489 e. The summed E-state index contributed by atoms with van der Waals surface area (Å²) in [6, 6.07) is 11.7. The van der Waals surface area contributed by atoms with Crippen molar-refractivity contribution in [1.29, 1.82) is 0 Å². The summed E-state index contributed by atoms with van der Waals surface area (Å²) in [5, 5.41) is 9.12. The summed E-state index contributed by atoms with van der Waals surface area (Å²) in [6.45, 7) is 5.09. The first-order valence-electron chi connectivity index (χ1n) is 8.16. The van der Waals surface area contributed by atoms with E-state index in [1.807, 2.05) is 61.8 Å². The molecule has 2 aromatic heterocycles. The number of nitrogens with zero attached hydrogens (tertiary/aromatic N) is 2. The van der Waals surface area contributed by atoms with Gasteiger partial charge in [-0.25, -0.2) is 0 Å². The summed E-state index contributed by atoms with van der Waals surface area (Å²) in [6.07, 6.45) is 3.61. The molecule has 25 heavy (non-hydrogen) atoms. The Hall–Kier alpha value is -2.60. The van der Waals surface area contributed by atoms with Gasteiger partial charge in [0, 0.05) is 24.0 Å². The van der Waals surface area contributed by atoms with Crippen LogP contribution in [0.5, 0.6) is 5.75 Å². The molecule has 1 atom stereocenters. The Kier molecular flexibility index (Phi) is 5.50. The fraction of sp³-hybridized carbons (Fsp3) is 0.263. The van der Waals surface area contributed by atoms with Gasteiger partial charge < -0.3 is 10.1 Å². The van der Waals surface area contributed by atoms with Gasteiger partial charge in [-0.1, -0.05) is 18.2 Å². The maximum absolute atomic E-state index is 12.4. The monoisotopic (exact) mass is 355 g/mol. The fourth-order valence-electron chi connectivity index (χ4n) is 2.48. The Labute approximate surface area is 151 Å². The molecule has 3 rings (SSSR count). The van der Waals surface area contributed by atoms with Crippen LogP contribution in [0.1, 0.15) is 27.7 Å². The van der Waals surface area contributed by atoms with Crippen LogP contribution in [-0.4, -0.2) is 21.7 Å². The molecule has 0 radical (unpaired) electrons. The van der Waals surface area contributed by atoms with Gasteiger partial charge in [0.15, 0.2) is 0 Å². The zero-order chi connectivity index (χ0) is 17.6. The van der Waals surface area contributed by atoms with Crippen molar-refractivity contribution >= 4 is 17.2 Å². The minimum Gasteiger partial charge on any atom is -0.489 e. The van der Waals surface area contributed by atoms with Gasteiger partial charge in [-0.05, 0) is 43.0 Å². The molecular weight excluding hydrogens is 334 g/mol. The average molecular weight is 355 g/mol. The van der Waals surface area contributed by atoms with Gasteiger partial charge in [0.2, 0.25) is 0 Å². The molecule has 0 saturated carbocycles. The Morgan fingerprint density at radius 3 is 2.96 bits per heavy atom. The molecule has 0 aliphatic rings. The third-order valence-electron chi connectivity index (χ3n) is 3.76. The van der Waals surface area contributed by atoms with Crippen LogP contribution in [0.2, 0.25) is 0 Å². The molecule has 5 nitrogen and oxygen atoms in total. The summed E-state index contributed by atoms with van der Waals surface area (Å²) in [7, 11) is 0. The molecule has 1 amide bonds. The maximum atomic E-state index is 12.4. The zero-order valence-electron chi connectivity index (χ0n) is 14.3. The van der Waals surface area contributed by atoms with Gasteiger partial charge in [0.25, 0.3) is 5.91 Å². The van der Waals surface area contributed by atoms with E-state index in [-0.39, 0.29) is 11.9 Å². The number of benzene rings is 1. The minimum absolute atomic E-state index is 0.00108. The molecule has 0 fully saturated rings. The van der Waals surface area contributed by atoms with E-state index < -0.39 is 0 Å². The van der Waals surface area contributed by atoms with Gasteiger partial charge in [-0.2, -0.15) is 5.10 Å². The number of hydrogen-bond acceptors (Lipinski definition) is 4. The molecular formula is C19H21N3O2S. The van der Waals surface area contributed by atoms with Crippen LogP contribution in [0.4, 0.5) is 0 Å². The summed E-state index contributed by atoms with van der Waals surface area (Å²) in [5.41, 5.74) is 2.10. The predicted molar refractivity (Wildman–Crippen MR) is 99.0 cm³/mol. The number of thiophene rings is 1. The number of nitrogens with one attached hydrogen (secondary N) is 1. The first-order valence-corrected chi connectivity index (χ1v) is 9.04. The molecule has 0 aliphatic heterocycles. The summed E-state index contributed by atoms with van der Waals surface area (Å²) >= 11 is 1.43. The lowest BCUT2D eigenvalue weighted by Crippen LogP contribution is -2.35. The van der Waals surface area contributed by atoms with Crippen LogP contribution in [0.3, 0.4) is 0 Å². The summed E-state index contributed by atoms with van der Waals surface area (Å²) < 4.78 is 7.64. The quantitative estimate of drug-likeness (QED) is 0.704. The number of aromatic nitrogens is 2. The zero-order valence-corrected chi connectivity index (χ0v) is 15.1. The van der Waals surface area contributed by atoms with Crippen LogP contribution in [0.15, 0.2) is 54.2 Å². The second-order valence-electron chi connectivity index (χ2n) is 5.98. The molecule has 0 bridgehead atoms. The molecule has 3 aromatic rings. The molecule has 1 unspecified atom stereocenters. The maximum Gasteiger partial charge on any atom is 0.261 e. The highest BCUT2D eigenvalue weighted by Gasteiger charge is 2.13. The van der Waals surface area contributed by atoms with Gasteiger partial charge in [-0.15, -0.1) is 11.3 Å². The van der Waals surface area contributed by atoms with E-state index in [0.717, 1.165) is 16.9 Å². The van der Waals surface area contributed by atoms with Crippen LogP contribution in [0.25, 0.3) is 0 Å². The van der Waals surface area contributed by atoms with E-state index in [9.17, 15) is 4.79 Å². The highest BCUT2D eigenvalue weighted by Crippen LogP contribution is 2.20. The van der Waals surface area contributed by atoms with Crippen molar-refractivity contribution in [2.45, 2.75) is 33.0 Å². The SMILES string of the molecule is Cc1ccccc1OCc1csc(C(=O)NC(C)Cn2cccn2)c1. The first-order chi connectivity index (χ1) is 12.1. The number of carbonyl (C=O) groups excluding carboxylic acids is 1. The van der Waals surface area contributed by atoms with E-state index in [1.54, 1.807) is 10.9 Å². The molecule has 1 aromatic carbocycles. The Bertz CT molecular complexity index is 827. The molecule has 0 aliphatic carbocycles. The molecule has 6 heteroatoms. The normalized spacial score (nSPS) is 11.9. The minimum atomic E-state index is -0.0632. The van der Waals surface area contributed by atoms with Gasteiger partial charge in [-0.3, -0.25) is 9.48 Å². The van der Waals surface area contributed by atoms with Crippen molar-refractivity contribution in [2.24, 2.45) is 0 Å². The highest BCUT2D eigenvalue weighted by atomic mass is 32.1. The Morgan fingerprint density at radius 1 is 1.36 bits per heavy atom. The number of amides is 1. The number of rotatable bonds is 7. The molecule has 0 spiro atoms. The topological polar surface area (TPSA) is 56.1 Å². The highest BCUT2D eigenvalue weighted by molar-refractivity contribution is 7.12. The van der Waals surface area contributed by atoms with Crippen molar-refractivity contribution in [3.05, 3.63) is 70.2 Å². The van der Waals surface area contributed by atoms with E-state index in [2.05, 4.69) is 10.4 Å². The fourth-order valence-corrected chi connectivity index (χ4v) is 3.28. The van der Waals surface area contributed by atoms with E-state index in [4.69, 9.17) is 4.74 Å². The number of hydrogen-bond donors (Lipinski definition) is 1. The Morgan fingerprint density at radius 2 is 2.20 bits per heavy atom. The third kappa shape index (κ3) is 4.70. The first kappa shape index (κ1) is 17.2. The lowest BCUT2D eigenvalue weighted by Gasteiger charge is -2.13. The lowest BCUT2D eigenvalue weighted by atomic mass is 10.2. The van der Waals surface area contributed by atoms with Crippen molar-refractivity contribution in [1.82, 2.24) is 15.1 Å². The summed E-state index contributed by atoms with van der Waals surface area (Å²) in [5.74, 6) is 0.805. The van der Waals surface area contributed by atoms with Crippen molar-refractivity contribution in [2.75, 3.05) is 0 Å². The van der Waals surface area contributed by atoms with Crippen molar-refractivity contribution in [3.63, 3.8) is 0 Å². The summed E-state index contributed by atoms with van der Waals surface area (Å²) in [4.78, 5) is 13.0. The molecule has 1 N–H and O–H groups in total. The second-order valence-corrected chi connectivity index (χ2v) is 6.89. The van der Waals surface area contributed by atoms with E-state index in [0.29, 0.717) is 18.0 Å². The van der Waals surface area contributed by atoms with Crippen LogP contribution < -0.4 is 10.1 Å². The van der Waals surface area contributed by atoms with Crippen LogP contribution in [0, 0.1) is 6.92 Å². The van der Waals surface area contributed by atoms with E-state index in [1.165, 1.54) is 11.3 Å².